The minimum atomic E-state index is 0.500. The van der Waals surface area contributed by atoms with Crippen molar-refractivity contribution < 1.29 is 0 Å². The highest BCUT2D eigenvalue weighted by Crippen LogP contribution is 2.22. The molecule has 2 heteroatoms. The van der Waals surface area contributed by atoms with Crippen LogP contribution in [0, 0.1) is 0 Å². The summed E-state index contributed by atoms with van der Waals surface area (Å²) < 4.78 is 0. The van der Waals surface area contributed by atoms with Crippen LogP contribution < -0.4 is 0 Å². The lowest BCUT2D eigenvalue weighted by Crippen LogP contribution is -2.15. The van der Waals surface area contributed by atoms with E-state index < -0.39 is 0 Å². The third kappa shape index (κ3) is 13.7. The first kappa shape index (κ1) is 20.7. The first-order chi connectivity index (χ1) is 9.72. The van der Waals surface area contributed by atoms with E-state index in [1.54, 1.807) is 0 Å². The fourth-order valence-corrected chi connectivity index (χ4v) is 3.32. The Balaban J connectivity index is 3.35. The summed E-state index contributed by atoms with van der Waals surface area (Å²) in [7, 11) is 0. The van der Waals surface area contributed by atoms with Crippen LogP contribution in [0.15, 0.2) is 0 Å². The van der Waals surface area contributed by atoms with Crippen LogP contribution in [-0.4, -0.2) is 10.5 Å². The Hall–Kier alpha value is 0.700. The first-order valence-electron chi connectivity index (χ1n) is 9.08. The molecule has 0 heterocycles. The quantitative estimate of drug-likeness (QED) is 0.234. The summed E-state index contributed by atoms with van der Waals surface area (Å²) >= 11 is 9.50. The van der Waals surface area contributed by atoms with E-state index in [1.807, 2.05) is 0 Å². The summed E-state index contributed by atoms with van der Waals surface area (Å²) in [6.07, 6.45) is 19.1. The van der Waals surface area contributed by atoms with Crippen molar-refractivity contribution in [1.29, 1.82) is 0 Å². The highest BCUT2D eigenvalue weighted by molar-refractivity contribution is 7.85. The van der Waals surface area contributed by atoms with Gasteiger partial charge in [-0.3, -0.25) is 0 Å². The number of hydrogen-bond acceptors (Lipinski definition) is 2. The zero-order valence-electron chi connectivity index (χ0n) is 13.9. The van der Waals surface area contributed by atoms with Crippen molar-refractivity contribution in [3.05, 3.63) is 0 Å². The molecule has 0 aromatic rings. The average molecular weight is 319 g/mol. The summed E-state index contributed by atoms with van der Waals surface area (Å²) in [5, 5.41) is 1.00. The van der Waals surface area contributed by atoms with Gasteiger partial charge >= 0.3 is 0 Å². The topological polar surface area (TPSA) is 0 Å². The van der Waals surface area contributed by atoms with E-state index in [0.717, 1.165) is 0 Å². The Morgan fingerprint density at radius 1 is 0.500 bits per heavy atom. The molecule has 0 nitrogen and oxygen atoms in total. The molecule has 0 amide bonds. The van der Waals surface area contributed by atoms with Crippen LogP contribution in [0.3, 0.4) is 0 Å². The van der Waals surface area contributed by atoms with Gasteiger partial charge in [-0.15, -0.1) is 0 Å². The molecule has 0 aromatic heterocycles. The summed E-state index contributed by atoms with van der Waals surface area (Å²) in [6.45, 7) is 4.55. The zero-order chi connectivity index (χ0) is 15.1. The normalized spacial score (nSPS) is 14.4. The zero-order valence-corrected chi connectivity index (χ0v) is 15.7. The van der Waals surface area contributed by atoms with Gasteiger partial charge in [-0.2, -0.15) is 25.3 Å². The van der Waals surface area contributed by atoms with Gasteiger partial charge in [-0.25, -0.2) is 0 Å². The molecule has 0 fully saturated rings. The van der Waals surface area contributed by atoms with E-state index in [9.17, 15) is 0 Å². The Labute approximate surface area is 139 Å². The van der Waals surface area contributed by atoms with E-state index >= 15 is 0 Å². The van der Waals surface area contributed by atoms with Gasteiger partial charge in [0.05, 0.1) is 0 Å². The molecule has 0 saturated heterocycles. The standard InChI is InChI=1S/C18H38S2/c1-3-5-7-9-11-13-15-17(19)18(20)16-14-12-10-8-6-4-2/h17-20H,3-16H2,1-2H3. The molecular weight excluding hydrogens is 280 g/mol. The lowest BCUT2D eigenvalue weighted by molar-refractivity contribution is 0.547. The third-order valence-corrected chi connectivity index (χ3v) is 5.62. The van der Waals surface area contributed by atoms with Gasteiger partial charge in [0.15, 0.2) is 0 Å². The molecule has 0 aliphatic heterocycles. The van der Waals surface area contributed by atoms with Crippen LogP contribution in [-0.2, 0) is 0 Å². The first-order valence-corrected chi connectivity index (χ1v) is 10.1. The second-order valence-corrected chi connectivity index (χ2v) is 7.57. The molecule has 0 bridgehead atoms. The maximum absolute atomic E-state index is 4.75. The number of hydrogen-bond donors (Lipinski definition) is 2. The second kappa shape index (κ2) is 16.1. The number of rotatable bonds is 15. The largest absolute Gasteiger partial charge is 0.175 e. The highest BCUT2D eigenvalue weighted by atomic mass is 32.1. The van der Waals surface area contributed by atoms with E-state index in [2.05, 4.69) is 13.8 Å². The van der Waals surface area contributed by atoms with Gasteiger partial charge < -0.3 is 0 Å². The summed E-state index contributed by atoms with van der Waals surface area (Å²) in [4.78, 5) is 0. The summed E-state index contributed by atoms with van der Waals surface area (Å²) in [6, 6.07) is 0. The van der Waals surface area contributed by atoms with Crippen LogP contribution in [0.1, 0.15) is 104 Å². The summed E-state index contributed by atoms with van der Waals surface area (Å²) in [5.74, 6) is 0. The molecule has 0 aliphatic rings. The van der Waals surface area contributed by atoms with Crippen LogP contribution in [0.5, 0.6) is 0 Å². The van der Waals surface area contributed by atoms with Crippen molar-refractivity contribution in [2.24, 2.45) is 0 Å². The molecule has 122 valence electrons. The predicted molar refractivity (Wildman–Crippen MR) is 102 cm³/mol. The second-order valence-electron chi connectivity index (χ2n) is 6.25. The van der Waals surface area contributed by atoms with E-state index in [0.29, 0.717) is 10.5 Å². The molecule has 2 atom stereocenters. The van der Waals surface area contributed by atoms with Crippen LogP contribution in [0.4, 0.5) is 0 Å². The Bertz CT molecular complexity index is 162. The lowest BCUT2D eigenvalue weighted by atomic mass is 10.0. The van der Waals surface area contributed by atoms with Crippen LogP contribution >= 0.6 is 25.3 Å². The molecule has 0 aliphatic carbocycles. The smallest absolute Gasteiger partial charge is 0.0133 e. The fourth-order valence-electron chi connectivity index (χ4n) is 2.65. The van der Waals surface area contributed by atoms with Crippen molar-refractivity contribution in [3.63, 3.8) is 0 Å². The van der Waals surface area contributed by atoms with Gasteiger partial charge in [-0.05, 0) is 12.8 Å². The Morgan fingerprint density at radius 3 is 1.15 bits per heavy atom. The monoisotopic (exact) mass is 318 g/mol. The minimum Gasteiger partial charge on any atom is -0.175 e. The van der Waals surface area contributed by atoms with Gasteiger partial charge in [0.2, 0.25) is 0 Å². The maximum Gasteiger partial charge on any atom is 0.0133 e. The minimum absolute atomic E-state index is 0.500. The van der Waals surface area contributed by atoms with E-state index in [1.165, 1.54) is 89.9 Å². The van der Waals surface area contributed by atoms with E-state index in [4.69, 9.17) is 25.3 Å². The molecule has 0 rings (SSSR count). The molecule has 2 unspecified atom stereocenters. The lowest BCUT2D eigenvalue weighted by Gasteiger charge is -2.18. The third-order valence-electron chi connectivity index (χ3n) is 4.15. The Morgan fingerprint density at radius 2 is 0.800 bits per heavy atom. The molecule has 0 N–H and O–H groups in total. The van der Waals surface area contributed by atoms with Gasteiger partial charge in [0, 0.05) is 10.5 Å². The van der Waals surface area contributed by atoms with Gasteiger partial charge in [0.1, 0.15) is 0 Å². The van der Waals surface area contributed by atoms with Crippen molar-refractivity contribution in [3.8, 4) is 0 Å². The van der Waals surface area contributed by atoms with Crippen molar-refractivity contribution >= 4 is 25.3 Å². The SMILES string of the molecule is CCCCCCCCC(S)C(S)CCCCCCCC. The number of thiol groups is 2. The van der Waals surface area contributed by atoms with E-state index in [-0.39, 0.29) is 0 Å². The summed E-state index contributed by atoms with van der Waals surface area (Å²) in [5.41, 5.74) is 0. The maximum atomic E-state index is 4.75. The Kier molecular flexibility index (Phi) is 16.6. The molecule has 0 spiro atoms. The van der Waals surface area contributed by atoms with Gasteiger partial charge in [-0.1, -0.05) is 90.9 Å². The van der Waals surface area contributed by atoms with Crippen molar-refractivity contribution in [2.45, 2.75) is 114 Å². The predicted octanol–water partition coefficient (Wildman–Crippen LogP) is 7.08. The van der Waals surface area contributed by atoms with Crippen LogP contribution in [0.2, 0.25) is 0 Å². The van der Waals surface area contributed by atoms with Gasteiger partial charge in [0.25, 0.3) is 0 Å². The fraction of sp³-hybridized carbons (Fsp3) is 1.00. The average Bonchev–Trinajstić information content (AvgIpc) is 2.45. The van der Waals surface area contributed by atoms with Crippen molar-refractivity contribution in [2.75, 3.05) is 0 Å². The molecule has 0 aromatic carbocycles. The molecule has 20 heavy (non-hydrogen) atoms. The molecule has 0 radical (unpaired) electrons. The highest BCUT2D eigenvalue weighted by Gasteiger charge is 2.13. The van der Waals surface area contributed by atoms with Crippen molar-refractivity contribution in [1.82, 2.24) is 0 Å². The number of unbranched alkanes of at least 4 members (excludes halogenated alkanes) is 10. The molecular formula is C18H38S2. The molecule has 0 saturated carbocycles. The van der Waals surface area contributed by atoms with Crippen LogP contribution in [0.25, 0.3) is 0 Å².